The minimum absolute atomic E-state index is 0.148. The second-order valence-electron chi connectivity index (χ2n) is 2.95. The van der Waals surface area contributed by atoms with E-state index in [1.54, 1.807) is 31.2 Å². The average molecular weight is 207 g/mol. The summed E-state index contributed by atoms with van der Waals surface area (Å²) in [4.78, 5) is 10.9. The van der Waals surface area contributed by atoms with Crippen LogP contribution < -0.4 is 5.32 Å². The van der Waals surface area contributed by atoms with Gasteiger partial charge in [0.2, 0.25) is 0 Å². The molecule has 0 saturated heterocycles. The summed E-state index contributed by atoms with van der Waals surface area (Å²) in [6, 6.07) is 6.56. The molecule has 0 fully saturated rings. The van der Waals surface area contributed by atoms with E-state index >= 15 is 0 Å². The Hall–Kier alpha value is -1.81. The fourth-order valence-electron chi connectivity index (χ4n) is 1.15. The first kappa shape index (κ1) is 11.3. The molecule has 0 aliphatic heterocycles. The van der Waals surface area contributed by atoms with Crippen LogP contribution in [0, 0.1) is 0 Å². The van der Waals surface area contributed by atoms with Gasteiger partial charge < -0.3 is 15.5 Å². The molecule has 0 atom stereocenters. The predicted molar refractivity (Wildman–Crippen MR) is 57.9 cm³/mol. The summed E-state index contributed by atoms with van der Waals surface area (Å²) < 4.78 is 0. The average Bonchev–Trinajstić information content (AvgIpc) is 2.26. The minimum atomic E-state index is -0.994. The third-order valence-corrected chi connectivity index (χ3v) is 1.97. The number of allylic oxidation sites excluding steroid dienone is 1. The highest BCUT2D eigenvalue weighted by atomic mass is 16.4. The number of nitrogens with one attached hydrogen (secondary N) is 1. The second kappa shape index (κ2) is 5.17. The number of para-hydroxylation sites is 1. The van der Waals surface area contributed by atoms with E-state index in [4.69, 9.17) is 10.2 Å². The highest BCUT2D eigenvalue weighted by Gasteiger charge is 2.08. The molecule has 0 aliphatic rings. The summed E-state index contributed by atoms with van der Waals surface area (Å²) in [6.45, 7) is 1.62. The van der Waals surface area contributed by atoms with Gasteiger partial charge in [-0.05, 0) is 19.1 Å². The predicted octanol–water partition coefficient (Wildman–Crippen LogP) is 1.69. The SMILES string of the molecule is C/C=C(\CO)Nc1ccccc1C(=O)O. The van der Waals surface area contributed by atoms with Crippen LogP contribution in [0.25, 0.3) is 0 Å². The van der Waals surface area contributed by atoms with Gasteiger partial charge in [-0.25, -0.2) is 4.79 Å². The number of aliphatic hydroxyl groups is 1. The number of carboxylic acid groups (broad SMARTS) is 1. The molecule has 15 heavy (non-hydrogen) atoms. The van der Waals surface area contributed by atoms with Crippen molar-refractivity contribution in [2.24, 2.45) is 0 Å². The van der Waals surface area contributed by atoms with Gasteiger partial charge in [0.05, 0.1) is 17.9 Å². The van der Waals surface area contributed by atoms with Crippen LogP contribution in [-0.2, 0) is 0 Å². The van der Waals surface area contributed by atoms with Gasteiger partial charge >= 0.3 is 5.97 Å². The first-order valence-electron chi connectivity index (χ1n) is 4.54. The lowest BCUT2D eigenvalue weighted by Gasteiger charge is -2.10. The summed E-state index contributed by atoms with van der Waals surface area (Å²) in [7, 11) is 0. The highest BCUT2D eigenvalue weighted by Crippen LogP contribution is 2.16. The highest BCUT2D eigenvalue weighted by molar-refractivity contribution is 5.94. The maximum atomic E-state index is 10.9. The van der Waals surface area contributed by atoms with Crippen molar-refractivity contribution < 1.29 is 15.0 Å². The minimum Gasteiger partial charge on any atom is -0.478 e. The molecule has 0 amide bonds. The van der Waals surface area contributed by atoms with Crippen LogP contribution in [0.3, 0.4) is 0 Å². The monoisotopic (exact) mass is 207 g/mol. The molecule has 0 unspecified atom stereocenters. The summed E-state index contributed by atoms with van der Waals surface area (Å²) >= 11 is 0. The Labute approximate surface area is 87.9 Å². The molecule has 1 aromatic rings. The smallest absolute Gasteiger partial charge is 0.337 e. The van der Waals surface area contributed by atoms with Gasteiger partial charge in [0.25, 0.3) is 0 Å². The van der Waals surface area contributed by atoms with E-state index in [1.807, 2.05) is 0 Å². The summed E-state index contributed by atoms with van der Waals surface area (Å²) in [6.07, 6.45) is 1.69. The zero-order valence-electron chi connectivity index (χ0n) is 8.40. The number of hydrogen-bond acceptors (Lipinski definition) is 3. The maximum Gasteiger partial charge on any atom is 0.337 e. The largest absolute Gasteiger partial charge is 0.478 e. The van der Waals surface area contributed by atoms with Crippen molar-refractivity contribution in [1.29, 1.82) is 0 Å². The number of carboxylic acids is 1. The maximum absolute atomic E-state index is 10.9. The Kier molecular flexibility index (Phi) is 3.88. The number of aliphatic hydroxyl groups excluding tert-OH is 1. The Morgan fingerprint density at radius 3 is 2.67 bits per heavy atom. The molecule has 0 heterocycles. The molecule has 3 N–H and O–H groups in total. The molecule has 4 heteroatoms. The fourth-order valence-corrected chi connectivity index (χ4v) is 1.15. The van der Waals surface area contributed by atoms with E-state index in [1.165, 1.54) is 6.07 Å². The van der Waals surface area contributed by atoms with Gasteiger partial charge in [0, 0.05) is 5.70 Å². The number of anilines is 1. The van der Waals surface area contributed by atoms with E-state index in [2.05, 4.69) is 5.32 Å². The second-order valence-corrected chi connectivity index (χ2v) is 2.95. The quantitative estimate of drug-likeness (QED) is 0.702. The van der Waals surface area contributed by atoms with Crippen molar-refractivity contribution in [3.8, 4) is 0 Å². The molecule has 4 nitrogen and oxygen atoms in total. The molecule has 80 valence electrons. The van der Waals surface area contributed by atoms with Crippen molar-refractivity contribution in [3.63, 3.8) is 0 Å². The zero-order valence-corrected chi connectivity index (χ0v) is 8.40. The number of rotatable bonds is 4. The van der Waals surface area contributed by atoms with Crippen LogP contribution in [0.4, 0.5) is 5.69 Å². The number of aromatic carboxylic acids is 1. The van der Waals surface area contributed by atoms with Crippen LogP contribution in [-0.4, -0.2) is 22.8 Å². The van der Waals surface area contributed by atoms with Crippen molar-refractivity contribution in [2.75, 3.05) is 11.9 Å². The first-order valence-corrected chi connectivity index (χ1v) is 4.54. The van der Waals surface area contributed by atoms with Crippen LogP contribution in [0.5, 0.6) is 0 Å². The standard InChI is InChI=1S/C11H13NO3/c1-2-8(7-13)12-10-6-4-3-5-9(10)11(14)15/h2-6,12-13H,7H2,1H3,(H,14,15)/b8-2+. The molecule has 1 aromatic carbocycles. The van der Waals surface area contributed by atoms with Gasteiger partial charge in [-0.3, -0.25) is 0 Å². The normalized spacial score (nSPS) is 11.2. The van der Waals surface area contributed by atoms with Gasteiger partial charge in [-0.2, -0.15) is 0 Å². The molecular formula is C11H13NO3. The molecule has 0 saturated carbocycles. The fraction of sp³-hybridized carbons (Fsp3) is 0.182. The molecule has 0 aromatic heterocycles. The van der Waals surface area contributed by atoms with Crippen LogP contribution >= 0.6 is 0 Å². The molecular weight excluding hydrogens is 194 g/mol. The van der Waals surface area contributed by atoms with E-state index in [-0.39, 0.29) is 12.2 Å². The Morgan fingerprint density at radius 2 is 2.13 bits per heavy atom. The van der Waals surface area contributed by atoms with Crippen molar-refractivity contribution in [1.82, 2.24) is 0 Å². The third-order valence-electron chi connectivity index (χ3n) is 1.97. The first-order chi connectivity index (χ1) is 7.19. The molecule has 0 spiro atoms. The lowest BCUT2D eigenvalue weighted by Crippen LogP contribution is -2.08. The molecule has 0 aliphatic carbocycles. The summed E-state index contributed by atoms with van der Waals surface area (Å²) in [5.74, 6) is -0.994. The summed E-state index contributed by atoms with van der Waals surface area (Å²) in [5.41, 5.74) is 1.24. The Balaban J connectivity index is 2.99. The molecule has 0 radical (unpaired) electrons. The lowest BCUT2D eigenvalue weighted by atomic mass is 10.1. The number of hydrogen-bond donors (Lipinski definition) is 3. The van der Waals surface area contributed by atoms with Gasteiger partial charge in [0.1, 0.15) is 0 Å². The lowest BCUT2D eigenvalue weighted by molar-refractivity contribution is 0.0698. The van der Waals surface area contributed by atoms with Crippen molar-refractivity contribution in [3.05, 3.63) is 41.6 Å². The van der Waals surface area contributed by atoms with Crippen LogP contribution in [0.2, 0.25) is 0 Å². The van der Waals surface area contributed by atoms with Gasteiger partial charge in [0.15, 0.2) is 0 Å². The van der Waals surface area contributed by atoms with Crippen molar-refractivity contribution >= 4 is 11.7 Å². The van der Waals surface area contributed by atoms with Crippen LogP contribution in [0.15, 0.2) is 36.0 Å². The van der Waals surface area contributed by atoms with E-state index in [0.717, 1.165) is 0 Å². The Bertz CT molecular complexity index is 385. The van der Waals surface area contributed by atoms with Crippen LogP contribution in [0.1, 0.15) is 17.3 Å². The zero-order chi connectivity index (χ0) is 11.3. The topological polar surface area (TPSA) is 69.6 Å². The Morgan fingerprint density at radius 1 is 1.47 bits per heavy atom. The van der Waals surface area contributed by atoms with E-state index < -0.39 is 5.97 Å². The number of benzene rings is 1. The third kappa shape index (κ3) is 2.82. The molecule has 0 bridgehead atoms. The summed E-state index contributed by atoms with van der Waals surface area (Å²) in [5, 5.41) is 20.7. The van der Waals surface area contributed by atoms with Gasteiger partial charge in [-0.1, -0.05) is 18.2 Å². The van der Waals surface area contributed by atoms with E-state index in [0.29, 0.717) is 11.4 Å². The number of carbonyl (C=O) groups is 1. The molecule has 1 rings (SSSR count). The van der Waals surface area contributed by atoms with Gasteiger partial charge in [-0.15, -0.1) is 0 Å². The van der Waals surface area contributed by atoms with Crippen molar-refractivity contribution in [2.45, 2.75) is 6.92 Å². The van der Waals surface area contributed by atoms with E-state index in [9.17, 15) is 4.79 Å².